The van der Waals surface area contributed by atoms with Gasteiger partial charge in [-0.1, -0.05) is 6.07 Å². The van der Waals surface area contributed by atoms with Crippen molar-refractivity contribution < 1.29 is 18.7 Å². The standard InChI is InChI=1S/C21H17FIN5O3/c1-11-3-4-12(8-24-11)10-31-16-6-5-15(23)17(18(16)22)20(29)26-13-7-14-19(25-9-13)27-28-21(14)30-2/h3-9H,10H2,1-2H3,(H,26,29)(H,25,27,28). The number of nitrogens with zero attached hydrogens (tertiary/aromatic N) is 3. The molecule has 4 aromatic rings. The van der Waals surface area contributed by atoms with Gasteiger partial charge >= 0.3 is 0 Å². The van der Waals surface area contributed by atoms with Crippen LogP contribution in [0.1, 0.15) is 21.6 Å². The molecule has 0 radical (unpaired) electrons. The SMILES string of the molecule is COc1n[nH]c2ncc(NC(=O)c3c(I)ccc(OCc4ccc(C)nc4)c3F)cc12. The number of anilines is 1. The molecule has 0 saturated carbocycles. The van der Waals surface area contributed by atoms with E-state index in [4.69, 9.17) is 9.47 Å². The molecule has 1 amide bonds. The Morgan fingerprint density at radius 2 is 2.06 bits per heavy atom. The number of aryl methyl sites for hydroxylation is 1. The smallest absolute Gasteiger partial charge is 0.259 e. The average Bonchev–Trinajstić information content (AvgIpc) is 3.17. The molecule has 3 heterocycles. The van der Waals surface area contributed by atoms with Gasteiger partial charge in [0.15, 0.2) is 17.2 Å². The Labute approximate surface area is 190 Å². The third kappa shape index (κ3) is 4.43. The molecule has 0 spiro atoms. The van der Waals surface area contributed by atoms with Crippen LogP contribution in [0.5, 0.6) is 11.6 Å². The summed E-state index contributed by atoms with van der Waals surface area (Å²) in [6, 6.07) is 8.48. The number of benzene rings is 1. The summed E-state index contributed by atoms with van der Waals surface area (Å²) < 4.78 is 26.3. The molecule has 0 unspecified atom stereocenters. The van der Waals surface area contributed by atoms with E-state index in [1.807, 2.05) is 41.6 Å². The van der Waals surface area contributed by atoms with Crippen LogP contribution in [0, 0.1) is 16.3 Å². The number of pyridine rings is 2. The van der Waals surface area contributed by atoms with Crippen LogP contribution < -0.4 is 14.8 Å². The van der Waals surface area contributed by atoms with Gasteiger partial charge in [-0.05, 0) is 53.8 Å². The largest absolute Gasteiger partial charge is 0.486 e. The number of fused-ring (bicyclic) bond motifs is 1. The molecule has 31 heavy (non-hydrogen) atoms. The maximum atomic E-state index is 15.1. The minimum atomic E-state index is -0.737. The third-order valence-corrected chi connectivity index (χ3v) is 5.38. The number of amides is 1. The number of hydrogen-bond acceptors (Lipinski definition) is 6. The summed E-state index contributed by atoms with van der Waals surface area (Å²) in [5.74, 6) is -1.02. The van der Waals surface area contributed by atoms with Gasteiger partial charge in [-0.2, -0.15) is 0 Å². The van der Waals surface area contributed by atoms with Gasteiger partial charge in [0.25, 0.3) is 5.91 Å². The van der Waals surface area contributed by atoms with Crippen molar-refractivity contribution in [2.75, 3.05) is 12.4 Å². The van der Waals surface area contributed by atoms with E-state index in [1.165, 1.54) is 19.4 Å². The molecular weight excluding hydrogens is 516 g/mol. The summed E-state index contributed by atoms with van der Waals surface area (Å²) in [5.41, 5.74) is 2.45. The van der Waals surface area contributed by atoms with Crippen molar-refractivity contribution in [1.82, 2.24) is 20.2 Å². The minimum absolute atomic E-state index is 0.0174. The van der Waals surface area contributed by atoms with Gasteiger partial charge < -0.3 is 14.8 Å². The number of halogens is 2. The van der Waals surface area contributed by atoms with Crippen LogP contribution in [-0.2, 0) is 6.61 Å². The Morgan fingerprint density at radius 1 is 1.23 bits per heavy atom. The predicted molar refractivity (Wildman–Crippen MR) is 121 cm³/mol. The number of nitrogens with one attached hydrogen (secondary N) is 2. The average molecular weight is 533 g/mol. The van der Waals surface area contributed by atoms with Gasteiger partial charge in [-0.25, -0.2) is 9.37 Å². The fraction of sp³-hybridized carbons (Fsp3) is 0.143. The fourth-order valence-electron chi connectivity index (χ4n) is 2.90. The van der Waals surface area contributed by atoms with Crippen molar-refractivity contribution in [3.63, 3.8) is 0 Å². The highest BCUT2D eigenvalue weighted by atomic mass is 127. The highest BCUT2D eigenvalue weighted by Gasteiger charge is 2.21. The van der Waals surface area contributed by atoms with Crippen molar-refractivity contribution in [2.24, 2.45) is 0 Å². The van der Waals surface area contributed by atoms with Crippen LogP contribution in [0.25, 0.3) is 11.0 Å². The number of aromatic nitrogens is 4. The van der Waals surface area contributed by atoms with E-state index in [1.54, 1.807) is 18.3 Å². The van der Waals surface area contributed by atoms with Crippen molar-refractivity contribution in [3.05, 3.63) is 68.9 Å². The Bertz CT molecular complexity index is 1260. The first kappa shape index (κ1) is 21.0. The lowest BCUT2D eigenvalue weighted by Crippen LogP contribution is -2.16. The van der Waals surface area contributed by atoms with Gasteiger partial charge in [0.1, 0.15) is 6.61 Å². The minimum Gasteiger partial charge on any atom is -0.486 e. The molecule has 1 aromatic carbocycles. The van der Waals surface area contributed by atoms with E-state index >= 15 is 4.39 Å². The number of carbonyl (C=O) groups is 1. The van der Waals surface area contributed by atoms with Crippen LogP contribution in [-0.4, -0.2) is 33.2 Å². The topological polar surface area (TPSA) is 102 Å². The second-order valence-electron chi connectivity index (χ2n) is 6.64. The summed E-state index contributed by atoms with van der Waals surface area (Å²) in [6.45, 7) is 2.01. The second kappa shape index (κ2) is 8.84. The van der Waals surface area contributed by atoms with Crippen LogP contribution >= 0.6 is 22.6 Å². The quantitative estimate of drug-likeness (QED) is 0.360. The Hall–Kier alpha value is -3.28. The van der Waals surface area contributed by atoms with Gasteiger partial charge in [-0.3, -0.25) is 14.9 Å². The number of hydrogen-bond donors (Lipinski definition) is 2. The van der Waals surface area contributed by atoms with Gasteiger partial charge in [0, 0.05) is 21.0 Å². The van der Waals surface area contributed by atoms with Crippen LogP contribution in [0.4, 0.5) is 10.1 Å². The van der Waals surface area contributed by atoms with Crippen LogP contribution in [0.15, 0.2) is 42.7 Å². The molecule has 0 fully saturated rings. The molecule has 3 aromatic heterocycles. The molecule has 0 aliphatic rings. The summed E-state index contributed by atoms with van der Waals surface area (Å²) in [5, 5.41) is 9.97. The Morgan fingerprint density at radius 3 is 2.81 bits per heavy atom. The maximum Gasteiger partial charge on any atom is 0.259 e. The molecule has 8 nitrogen and oxygen atoms in total. The normalized spacial score (nSPS) is 10.8. The van der Waals surface area contributed by atoms with Crippen molar-refractivity contribution in [3.8, 4) is 11.6 Å². The summed E-state index contributed by atoms with van der Waals surface area (Å²) in [4.78, 5) is 21.2. The van der Waals surface area contributed by atoms with Crippen molar-refractivity contribution in [2.45, 2.75) is 13.5 Å². The number of rotatable bonds is 6. The first-order valence-corrected chi connectivity index (χ1v) is 10.3. The molecule has 0 aliphatic heterocycles. The number of carbonyl (C=O) groups excluding carboxylic acids is 1. The maximum absolute atomic E-state index is 15.1. The highest BCUT2D eigenvalue weighted by Crippen LogP contribution is 2.28. The number of aromatic amines is 1. The monoisotopic (exact) mass is 533 g/mol. The zero-order valence-corrected chi connectivity index (χ0v) is 18.7. The number of methoxy groups -OCH3 is 1. The summed E-state index contributed by atoms with van der Waals surface area (Å²) >= 11 is 1.91. The zero-order chi connectivity index (χ0) is 22.0. The van der Waals surface area contributed by atoms with E-state index in [0.29, 0.717) is 26.2 Å². The first-order chi connectivity index (χ1) is 15.0. The molecule has 0 bridgehead atoms. The second-order valence-corrected chi connectivity index (χ2v) is 7.80. The van der Waals surface area contributed by atoms with E-state index in [9.17, 15) is 4.79 Å². The highest BCUT2D eigenvalue weighted by molar-refractivity contribution is 14.1. The lowest BCUT2D eigenvalue weighted by molar-refractivity contribution is 0.102. The molecule has 0 atom stereocenters. The molecule has 158 valence electrons. The lowest BCUT2D eigenvalue weighted by atomic mass is 10.1. The summed E-state index contributed by atoms with van der Waals surface area (Å²) in [7, 11) is 1.48. The van der Waals surface area contributed by atoms with E-state index < -0.39 is 11.7 Å². The summed E-state index contributed by atoms with van der Waals surface area (Å²) in [6.07, 6.45) is 3.12. The van der Waals surface area contributed by atoms with Crippen molar-refractivity contribution in [1.29, 1.82) is 0 Å². The molecule has 4 rings (SSSR count). The third-order valence-electron chi connectivity index (χ3n) is 4.48. The Balaban J connectivity index is 1.56. The molecule has 0 aliphatic carbocycles. The lowest BCUT2D eigenvalue weighted by Gasteiger charge is -2.12. The predicted octanol–water partition coefficient (Wildman–Crippen LogP) is 4.24. The number of ether oxygens (including phenoxy) is 2. The zero-order valence-electron chi connectivity index (χ0n) is 16.6. The van der Waals surface area contributed by atoms with Gasteiger partial charge in [0.05, 0.1) is 29.9 Å². The molecule has 2 N–H and O–H groups in total. The van der Waals surface area contributed by atoms with E-state index in [0.717, 1.165) is 11.3 Å². The molecular formula is C21H17FIN5O3. The number of H-pyrrole nitrogens is 1. The molecule has 10 heteroatoms. The van der Waals surface area contributed by atoms with E-state index in [-0.39, 0.29) is 17.9 Å². The Kier molecular flexibility index (Phi) is 5.98. The van der Waals surface area contributed by atoms with Gasteiger partial charge in [-0.15, -0.1) is 5.10 Å². The van der Waals surface area contributed by atoms with E-state index in [2.05, 4.69) is 25.5 Å². The van der Waals surface area contributed by atoms with Crippen LogP contribution in [0.2, 0.25) is 0 Å². The van der Waals surface area contributed by atoms with Gasteiger partial charge in [0.2, 0.25) is 5.88 Å². The first-order valence-electron chi connectivity index (χ1n) is 9.18. The van der Waals surface area contributed by atoms with Crippen molar-refractivity contribution >= 4 is 45.2 Å². The fourth-order valence-corrected chi connectivity index (χ4v) is 3.56. The van der Waals surface area contributed by atoms with Crippen LogP contribution in [0.3, 0.4) is 0 Å². The molecule has 0 saturated heterocycles.